The van der Waals surface area contributed by atoms with E-state index in [-0.39, 0.29) is 24.9 Å². The van der Waals surface area contributed by atoms with Crippen LogP contribution in [0.25, 0.3) is 0 Å². The molecule has 1 aromatic rings. The highest BCUT2D eigenvalue weighted by Gasteiger charge is 2.10. The van der Waals surface area contributed by atoms with Crippen molar-refractivity contribution in [2.24, 2.45) is 5.10 Å². The van der Waals surface area contributed by atoms with E-state index >= 15 is 0 Å². The van der Waals surface area contributed by atoms with Gasteiger partial charge in [0.2, 0.25) is 5.91 Å². The van der Waals surface area contributed by atoms with Crippen LogP contribution in [0.15, 0.2) is 27.8 Å². The van der Waals surface area contributed by atoms with Gasteiger partial charge < -0.3 is 4.74 Å². The number of nitrogens with zero attached hydrogens (tertiary/aromatic N) is 2. The molecule has 0 saturated carbocycles. The van der Waals surface area contributed by atoms with Gasteiger partial charge in [0, 0.05) is 17.9 Å². The Balaban J connectivity index is 2.53. The van der Waals surface area contributed by atoms with Crippen LogP contribution in [-0.4, -0.2) is 36.8 Å². The predicted octanol–water partition coefficient (Wildman–Crippen LogP) is 2.70. The molecule has 1 rings (SSSR count). The Morgan fingerprint density at radius 1 is 1.43 bits per heavy atom. The summed E-state index contributed by atoms with van der Waals surface area (Å²) in [5.74, 6) is -0.422. The van der Waals surface area contributed by atoms with Crippen molar-refractivity contribution in [3.05, 3.63) is 33.8 Å². The van der Waals surface area contributed by atoms with Crippen LogP contribution in [0.4, 0.5) is 0 Å². The smallest absolute Gasteiger partial charge is 0.305 e. The summed E-state index contributed by atoms with van der Waals surface area (Å²) in [6.45, 7) is 3.75. The van der Waals surface area contributed by atoms with Gasteiger partial charge in [-0.2, -0.15) is 5.10 Å². The molecule has 114 valence electrons. The monoisotopic (exact) mass is 354 g/mol. The van der Waals surface area contributed by atoms with Crippen molar-refractivity contribution in [3.63, 3.8) is 0 Å². The van der Waals surface area contributed by atoms with Gasteiger partial charge in [-0.15, -0.1) is 0 Å². The van der Waals surface area contributed by atoms with E-state index in [0.717, 1.165) is 15.6 Å². The van der Waals surface area contributed by atoms with Gasteiger partial charge >= 0.3 is 5.97 Å². The summed E-state index contributed by atoms with van der Waals surface area (Å²) in [6.07, 6.45) is 2.00. The molecule has 0 bridgehead atoms. The Hall–Kier alpha value is -1.69. The second-order valence-corrected chi connectivity index (χ2v) is 5.42. The Kier molecular flexibility index (Phi) is 7.08. The average Bonchev–Trinajstić information content (AvgIpc) is 2.46. The van der Waals surface area contributed by atoms with Crippen molar-refractivity contribution >= 4 is 34.0 Å². The van der Waals surface area contributed by atoms with E-state index < -0.39 is 0 Å². The molecule has 0 aliphatic heterocycles. The highest BCUT2D eigenvalue weighted by atomic mass is 79.9. The zero-order chi connectivity index (χ0) is 15.8. The first-order chi connectivity index (χ1) is 9.93. The van der Waals surface area contributed by atoms with Gasteiger partial charge in [0.15, 0.2) is 0 Å². The summed E-state index contributed by atoms with van der Waals surface area (Å²) < 4.78 is 5.78. The molecule has 0 radical (unpaired) electrons. The lowest BCUT2D eigenvalue weighted by atomic mass is 10.1. The van der Waals surface area contributed by atoms with Gasteiger partial charge in [-0.05, 0) is 30.2 Å². The van der Waals surface area contributed by atoms with Crippen molar-refractivity contribution in [2.75, 3.05) is 13.7 Å². The molecule has 0 aromatic heterocycles. The molecule has 1 amide bonds. The van der Waals surface area contributed by atoms with E-state index in [1.807, 2.05) is 25.1 Å². The molecule has 6 heteroatoms. The van der Waals surface area contributed by atoms with Gasteiger partial charge in [0.1, 0.15) is 6.61 Å². The van der Waals surface area contributed by atoms with E-state index in [2.05, 4.69) is 21.0 Å². The summed E-state index contributed by atoms with van der Waals surface area (Å²) in [4.78, 5) is 23.0. The maximum Gasteiger partial charge on any atom is 0.305 e. The average molecular weight is 355 g/mol. The molecule has 0 unspecified atom stereocenters. The van der Waals surface area contributed by atoms with Crippen LogP contribution in [-0.2, 0) is 20.7 Å². The number of carbonyl (C=O) groups is 2. The van der Waals surface area contributed by atoms with Crippen molar-refractivity contribution in [1.82, 2.24) is 5.01 Å². The summed E-state index contributed by atoms with van der Waals surface area (Å²) in [5, 5.41) is 5.20. The minimum absolute atomic E-state index is 0.0696. The molecule has 21 heavy (non-hydrogen) atoms. The number of hydrazone groups is 1. The third-order valence-electron chi connectivity index (χ3n) is 2.88. The summed E-state index contributed by atoms with van der Waals surface area (Å²) >= 11 is 3.39. The number of aryl methyl sites for hydroxylation is 1. The van der Waals surface area contributed by atoms with Crippen LogP contribution in [0.3, 0.4) is 0 Å². The number of likely N-dealkylation sites (N-methyl/N-ethyl adjacent to an activating group) is 1. The Labute approximate surface area is 133 Å². The van der Waals surface area contributed by atoms with Crippen LogP contribution in [0.5, 0.6) is 0 Å². The van der Waals surface area contributed by atoms with Gasteiger partial charge in [0.05, 0.1) is 12.6 Å². The van der Waals surface area contributed by atoms with Crippen LogP contribution >= 0.6 is 15.9 Å². The zero-order valence-corrected chi connectivity index (χ0v) is 14.0. The maximum absolute atomic E-state index is 12.0. The number of halogens is 1. The molecule has 0 aliphatic carbocycles. The molecule has 0 spiro atoms. The largest absolute Gasteiger partial charge is 0.460 e. The van der Waals surface area contributed by atoms with Gasteiger partial charge in [-0.25, -0.2) is 5.01 Å². The molecular weight excluding hydrogens is 336 g/mol. The number of ether oxygens (including phenoxy) is 1. The summed E-state index contributed by atoms with van der Waals surface area (Å²) in [6, 6.07) is 5.82. The molecule has 0 aliphatic rings. The highest BCUT2D eigenvalue weighted by molar-refractivity contribution is 9.10. The third-order valence-corrected chi connectivity index (χ3v) is 3.37. The quantitative estimate of drug-likeness (QED) is 0.448. The summed E-state index contributed by atoms with van der Waals surface area (Å²) in [5.41, 5.74) is 2.01. The molecule has 1 aromatic carbocycles. The van der Waals surface area contributed by atoms with Gasteiger partial charge in [-0.1, -0.05) is 28.9 Å². The summed E-state index contributed by atoms with van der Waals surface area (Å²) in [7, 11) is 1.58. The van der Waals surface area contributed by atoms with E-state index in [1.54, 1.807) is 14.0 Å². The van der Waals surface area contributed by atoms with Crippen LogP contribution in [0, 0.1) is 6.92 Å². The minimum Gasteiger partial charge on any atom is -0.460 e. The number of rotatable bonds is 6. The highest BCUT2D eigenvalue weighted by Crippen LogP contribution is 2.17. The van der Waals surface area contributed by atoms with Crippen molar-refractivity contribution in [3.8, 4) is 0 Å². The molecule has 5 nitrogen and oxygen atoms in total. The predicted molar refractivity (Wildman–Crippen MR) is 85.1 cm³/mol. The van der Waals surface area contributed by atoms with Crippen molar-refractivity contribution < 1.29 is 14.3 Å². The second kappa shape index (κ2) is 8.56. The SMILES string of the molecule is CCC(=O)OCC=NN(C)C(=O)Cc1cc(Br)ccc1C. The maximum atomic E-state index is 12.0. The van der Waals surface area contributed by atoms with Crippen molar-refractivity contribution in [2.45, 2.75) is 26.7 Å². The van der Waals surface area contributed by atoms with E-state index in [9.17, 15) is 9.59 Å². The fourth-order valence-corrected chi connectivity index (χ4v) is 1.97. The number of amides is 1. The van der Waals surface area contributed by atoms with E-state index in [0.29, 0.717) is 6.42 Å². The molecule has 0 N–H and O–H groups in total. The van der Waals surface area contributed by atoms with Crippen LogP contribution < -0.4 is 0 Å². The third kappa shape index (κ3) is 6.08. The number of hydrogen-bond donors (Lipinski definition) is 0. The fraction of sp³-hybridized carbons (Fsp3) is 0.400. The molecular formula is C15H19BrN2O3. The van der Waals surface area contributed by atoms with Crippen LogP contribution in [0.2, 0.25) is 0 Å². The molecule has 0 heterocycles. The lowest BCUT2D eigenvalue weighted by molar-refractivity contribution is -0.141. The lowest BCUT2D eigenvalue weighted by Gasteiger charge is -2.12. The second-order valence-electron chi connectivity index (χ2n) is 4.50. The Morgan fingerprint density at radius 3 is 2.81 bits per heavy atom. The van der Waals surface area contributed by atoms with Gasteiger partial charge in [-0.3, -0.25) is 9.59 Å². The number of carbonyl (C=O) groups excluding carboxylic acids is 2. The number of esters is 1. The standard InChI is InChI=1S/C15H19BrN2O3/c1-4-15(20)21-8-7-17-18(3)14(19)10-12-9-13(16)6-5-11(12)2/h5-7,9H,4,8,10H2,1-3H3. The first kappa shape index (κ1) is 17.4. The lowest BCUT2D eigenvalue weighted by Crippen LogP contribution is -2.24. The normalized spacial score (nSPS) is 10.7. The Bertz CT molecular complexity index is 544. The Morgan fingerprint density at radius 2 is 2.14 bits per heavy atom. The number of hydrogen-bond acceptors (Lipinski definition) is 4. The molecule has 0 fully saturated rings. The van der Waals surface area contributed by atoms with Gasteiger partial charge in [0.25, 0.3) is 0 Å². The first-order valence-corrected chi connectivity index (χ1v) is 7.43. The topological polar surface area (TPSA) is 59.0 Å². The molecule has 0 atom stereocenters. The molecule has 0 saturated heterocycles. The van der Waals surface area contributed by atoms with E-state index in [4.69, 9.17) is 4.74 Å². The fourth-order valence-electron chi connectivity index (χ4n) is 1.56. The van der Waals surface area contributed by atoms with E-state index in [1.165, 1.54) is 11.2 Å². The first-order valence-electron chi connectivity index (χ1n) is 6.63. The van der Waals surface area contributed by atoms with Crippen LogP contribution in [0.1, 0.15) is 24.5 Å². The van der Waals surface area contributed by atoms with Crippen molar-refractivity contribution in [1.29, 1.82) is 0 Å². The zero-order valence-electron chi connectivity index (χ0n) is 12.4. The number of benzene rings is 1. The minimum atomic E-state index is -0.291.